The average Bonchev–Trinajstić information content (AvgIpc) is 1.99. The lowest BCUT2D eigenvalue weighted by Crippen LogP contribution is -2.31. The predicted molar refractivity (Wildman–Crippen MR) is 55.6 cm³/mol. The molecule has 0 spiro atoms. The van der Waals surface area contributed by atoms with Gasteiger partial charge in [0, 0.05) is 0 Å². The van der Waals surface area contributed by atoms with Gasteiger partial charge in [0.25, 0.3) is 0 Å². The minimum absolute atomic E-state index is 0.152. The summed E-state index contributed by atoms with van der Waals surface area (Å²) in [6, 6.07) is 0. The van der Waals surface area contributed by atoms with E-state index in [2.05, 4.69) is 6.92 Å². The molecule has 0 aromatic rings. The summed E-state index contributed by atoms with van der Waals surface area (Å²) in [5.74, 6) is 0.152. The summed E-state index contributed by atoms with van der Waals surface area (Å²) in [5, 5.41) is 19.3. The van der Waals surface area contributed by atoms with Crippen molar-refractivity contribution in [1.82, 2.24) is 0 Å². The molecule has 0 aliphatic rings. The highest BCUT2D eigenvalue weighted by atomic mass is 16.3. The van der Waals surface area contributed by atoms with Crippen LogP contribution in [0.2, 0.25) is 0 Å². The van der Waals surface area contributed by atoms with Gasteiger partial charge < -0.3 is 10.2 Å². The van der Waals surface area contributed by atoms with Crippen LogP contribution < -0.4 is 0 Å². The minimum Gasteiger partial charge on any atom is -0.393 e. The molecule has 13 heavy (non-hydrogen) atoms. The van der Waals surface area contributed by atoms with Gasteiger partial charge in [-0.3, -0.25) is 0 Å². The van der Waals surface area contributed by atoms with E-state index in [1.807, 2.05) is 6.92 Å². The van der Waals surface area contributed by atoms with Gasteiger partial charge in [-0.1, -0.05) is 26.7 Å². The van der Waals surface area contributed by atoms with Crippen molar-refractivity contribution < 1.29 is 10.2 Å². The van der Waals surface area contributed by atoms with E-state index in [0.29, 0.717) is 6.42 Å². The lowest BCUT2D eigenvalue weighted by atomic mass is 9.87. The van der Waals surface area contributed by atoms with Crippen molar-refractivity contribution in [3.05, 3.63) is 0 Å². The van der Waals surface area contributed by atoms with Crippen molar-refractivity contribution in [3.63, 3.8) is 0 Å². The molecule has 0 saturated carbocycles. The molecule has 80 valence electrons. The van der Waals surface area contributed by atoms with Gasteiger partial charge >= 0.3 is 0 Å². The van der Waals surface area contributed by atoms with Crippen molar-refractivity contribution in [3.8, 4) is 0 Å². The first-order valence-corrected chi connectivity index (χ1v) is 5.28. The van der Waals surface area contributed by atoms with Crippen LogP contribution in [0, 0.1) is 5.92 Å². The zero-order valence-corrected chi connectivity index (χ0v) is 9.38. The van der Waals surface area contributed by atoms with Crippen molar-refractivity contribution in [2.75, 3.05) is 0 Å². The molecular formula is C11H24O2. The fourth-order valence-corrected chi connectivity index (χ4v) is 1.25. The van der Waals surface area contributed by atoms with Gasteiger partial charge in [0.05, 0.1) is 11.7 Å². The van der Waals surface area contributed by atoms with E-state index >= 15 is 0 Å². The molecule has 0 heterocycles. The Kier molecular flexibility index (Phi) is 5.57. The van der Waals surface area contributed by atoms with Gasteiger partial charge in [0.1, 0.15) is 0 Å². The molecular weight excluding hydrogens is 164 g/mol. The molecule has 0 fully saturated rings. The first kappa shape index (κ1) is 12.9. The molecule has 0 unspecified atom stereocenters. The van der Waals surface area contributed by atoms with Gasteiger partial charge in [0.2, 0.25) is 0 Å². The Morgan fingerprint density at radius 1 is 1.31 bits per heavy atom. The number of aliphatic hydroxyl groups excluding tert-OH is 1. The van der Waals surface area contributed by atoms with Crippen LogP contribution >= 0.6 is 0 Å². The highest BCUT2D eigenvalue weighted by molar-refractivity contribution is 4.75. The van der Waals surface area contributed by atoms with Crippen LogP contribution in [0.3, 0.4) is 0 Å². The van der Waals surface area contributed by atoms with Crippen molar-refractivity contribution >= 4 is 0 Å². The lowest BCUT2D eigenvalue weighted by molar-refractivity contribution is -0.00101. The molecule has 2 N–H and O–H groups in total. The van der Waals surface area contributed by atoms with Crippen LogP contribution in [0.1, 0.15) is 53.4 Å². The van der Waals surface area contributed by atoms with Crippen LogP contribution in [-0.2, 0) is 0 Å². The molecule has 0 bridgehead atoms. The van der Waals surface area contributed by atoms with Crippen LogP contribution in [0.25, 0.3) is 0 Å². The second kappa shape index (κ2) is 5.61. The van der Waals surface area contributed by atoms with Crippen molar-refractivity contribution in [2.24, 2.45) is 5.92 Å². The Hall–Kier alpha value is -0.0800. The van der Waals surface area contributed by atoms with Crippen LogP contribution in [0.15, 0.2) is 0 Å². The van der Waals surface area contributed by atoms with E-state index in [9.17, 15) is 10.2 Å². The van der Waals surface area contributed by atoms with Crippen LogP contribution in [0.4, 0.5) is 0 Å². The zero-order chi connectivity index (χ0) is 10.5. The summed E-state index contributed by atoms with van der Waals surface area (Å²) < 4.78 is 0. The van der Waals surface area contributed by atoms with Gasteiger partial charge in [-0.05, 0) is 32.6 Å². The number of rotatable bonds is 6. The monoisotopic (exact) mass is 188 g/mol. The van der Waals surface area contributed by atoms with Crippen LogP contribution in [0.5, 0.6) is 0 Å². The first-order valence-electron chi connectivity index (χ1n) is 5.28. The Labute approximate surface area is 82.0 Å². The largest absolute Gasteiger partial charge is 0.393 e. The van der Waals surface area contributed by atoms with Gasteiger partial charge in [-0.2, -0.15) is 0 Å². The number of hydrogen-bond donors (Lipinski definition) is 2. The maximum atomic E-state index is 9.65. The SMILES string of the molecule is CCCC[C@@H](O)C[C@H](C)C(C)(C)O. The lowest BCUT2D eigenvalue weighted by Gasteiger charge is -2.27. The normalized spacial score (nSPS) is 17.1. The Morgan fingerprint density at radius 2 is 1.85 bits per heavy atom. The molecule has 2 atom stereocenters. The minimum atomic E-state index is -0.673. The molecule has 2 nitrogen and oxygen atoms in total. The molecule has 0 aromatic heterocycles. The summed E-state index contributed by atoms with van der Waals surface area (Å²) in [6.07, 6.45) is 3.50. The Balaban J connectivity index is 3.71. The summed E-state index contributed by atoms with van der Waals surface area (Å²) in [6.45, 7) is 7.69. The summed E-state index contributed by atoms with van der Waals surface area (Å²) in [5.41, 5.74) is -0.673. The number of aliphatic hydroxyl groups is 2. The van der Waals surface area contributed by atoms with E-state index in [4.69, 9.17) is 0 Å². The number of hydrogen-bond acceptors (Lipinski definition) is 2. The summed E-state index contributed by atoms with van der Waals surface area (Å²) in [4.78, 5) is 0. The second-order valence-electron chi connectivity index (χ2n) is 4.59. The highest BCUT2D eigenvalue weighted by Gasteiger charge is 2.24. The van der Waals surface area contributed by atoms with Gasteiger partial charge in [-0.25, -0.2) is 0 Å². The Bertz CT molecular complexity index is 127. The topological polar surface area (TPSA) is 40.5 Å². The molecule has 0 amide bonds. The maximum Gasteiger partial charge on any atom is 0.0618 e. The van der Waals surface area contributed by atoms with E-state index in [-0.39, 0.29) is 12.0 Å². The third-order valence-corrected chi connectivity index (χ3v) is 2.72. The molecule has 0 radical (unpaired) electrons. The first-order chi connectivity index (χ1) is 5.88. The third-order valence-electron chi connectivity index (χ3n) is 2.72. The molecule has 0 aliphatic carbocycles. The zero-order valence-electron chi connectivity index (χ0n) is 9.38. The van der Waals surface area contributed by atoms with Crippen LogP contribution in [-0.4, -0.2) is 21.9 Å². The van der Waals surface area contributed by atoms with Crippen molar-refractivity contribution in [2.45, 2.75) is 65.1 Å². The van der Waals surface area contributed by atoms with E-state index in [1.54, 1.807) is 13.8 Å². The third kappa shape index (κ3) is 6.05. The summed E-state index contributed by atoms with van der Waals surface area (Å²) >= 11 is 0. The quantitative estimate of drug-likeness (QED) is 0.671. The fourth-order valence-electron chi connectivity index (χ4n) is 1.25. The van der Waals surface area contributed by atoms with E-state index in [0.717, 1.165) is 19.3 Å². The van der Waals surface area contributed by atoms with E-state index < -0.39 is 5.60 Å². The molecule has 0 aliphatic heterocycles. The average molecular weight is 188 g/mol. The highest BCUT2D eigenvalue weighted by Crippen LogP contribution is 2.22. The second-order valence-corrected chi connectivity index (χ2v) is 4.59. The van der Waals surface area contributed by atoms with Crippen molar-refractivity contribution in [1.29, 1.82) is 0 Å². The maximum absolute atomic E-state index is 9.65. The smallest absolute Gasteiger partial charge is 0.0618 e. The standard InChI is InChI=1S/C11H24O2/c1-5-6-7-10(12)8-9(2)11(3,4)13/h9-10,12-13H,5-8H2,1-4H3/t9-,10+/m0/s1. The fraction of sp³-hybridized carbons (Fsp3) is 1.00. The summed E-state index contributed by atoms with van der Waals surface area (Å²) in [7, 11) is 0. The van der Waals surface area contributed by atoms with Gasteiger partial charge in [0.15, 0.2) is 0 Å². The molecule has 2 heteroatoms. The molecule has 0 rings (SSSR count). The number of unbranched alkanes of at least 4 members (excludes halogenated alkanes) is 1. The van der Waals surface area contributed by atoms with E-state index in [1.165, 1.54) is 0 Å². The predicted octanol–water partition coefficient (Wildman–Crippen LogP) is 2.33. The molecule has 0 saturated heterocycles. The molecule has 0 aromatic carbocycles. The Morgan fingerprint density at radius 3 is 2.23 bits per heavy atom. The van der Waals surface area contributed by atoms with Gasteiger partial charge in [-0.15, -0.1) is 0 Å².